The van der Waals surface area contributed by atoms with Crippen LogP contribution in [0.2, 0.25) is 0 Å². The molecule has 0 amide bonds. The predicted molar refractivity (Wildman–Crippen MR) is 106 cm³/mol. The summed E-state index contributed by atoms with van der Waals surface area (Å²) in [5.41, 5.74) is 3.92. The molecular formula is C21H24N4O2. The maximum absolute atomic E-state index is 10.5. The third-order valence-electron chi connectivity index (χ3n) is 5.28. The molecule has 27 heavy (non-hydrogen) atoms. The number of hydrogen-bond acceptors (Lipinski definition) is 6. The molecule has 1 aliphatic rings. The molecule has 1 aromatic carbocycles. The van der Waals surface area contributed by atoms with Gasteiger partial charge in [-0.05, 0) is 56.0 Å². The fourth-order valence-electron chi connectivity index (χ4n) is 3.98. The van der Waals surface area contributed by atoms with Gasteiger partial charge >= 0.3 is 0 Å². The Balaban J connectivity index is 1.82. The fraction of sp³-hybridized carbons (Fsp3) is 0.381. The molecule has 2 heterocycles. The number of benzene rings is 1. The Kier molecular flexibility index (Phi) is 4.66. The molecule has 0 spiro atoms. The first-order valence-electron chi connectivity index (χ1n) is 9.41. The summed E-state index contributed by atoms with van der Waals surface area (Å²) >= 11 is 0. The van der Waals surface area contributed by atoms with E-state index >= 15 is 0 Å². The van der Waals surface area contributed by atoms with E-state index in [0.717, 1.165) is 42.2 Å². The van der Waals surface area contributed by atoms with Gasteiger partial charge in [0.2, 0.25) is 0 Å². The van der Waals surface area contributed by atoms with Crippen molar-refractivity contribution in [3.63, 3.8) is 0 Å². The minimum Gasteiger partial charge on any atom is -0.507 e. The lowest BCUT2D eigenvalue weighted by Crippen LogP contribution is -2.36. The van der Waals surface area contributed by atoms with Gasteiger partial charge < -0.3 is 15.5 Å². The third kappa shape index (κ3) is 3.32. The Hall–Kier alpha value is -2.73. The second-order valence-electron chi connectivity index (χ2n) is 7.38. The molecule has 3 aromatic rings. The number of hydrogen-bond donors (Lipinski definition) is 3. The van der Waals surface area contributed by atoms with E-state index in [4.69, 9.17) is 0 Å². The number of nitrogens with one attached hydrogen (secondary N) is 1. The monoisotopic (exact) mass is 364 g/mol. The SMILES string of the molecule is Cc1cc(C)c(-c2nnc(NC3CCCCC3O)c3ncccc23)c(O)c1. The van der Waals surface area contributed by atoms with Crippen LogP contribution in [0.5, 0.6) is 5.75 Å². The second-order valence-corrected chi connectivity index (χ2v) is 7.38. The zero-order valence-corrected chi connectivity index (χ0v) is 15.6. The number of aryl methyl sites for hydroxylation is 2. The molecule has 1 aliphatic carbocycles. The number of rotatable bonds is 3. The number of fused-ring (bicyclic) bond motifs is 1. The van der Waals surface area contributed by atoms with Gasteiger partial charge in [0.15, 0.2) is 5.82 Å². The number of aliphatic hydroxyl groups excluding tert-OH is 1. The minimum absolute atomic E-state index is 0.0429. The molecule has 6 heteroatoms. The standard InChI is InChI=1S/C21H24N4O2/c1-12-10-13(2)18(17(27)11-12)19-14-6-5-9-22-20(14)21(25-24-19)23-15-7-3-4-8-16(15)26/h5-6,9-11,15-16,26-27H,3-4,7-8H2,1-2H3,(H,23,25). The highest BCUT2D eigenvalue weighted by atomic mass is 16.3. The number of nitrogens with zero attached hydrogens (tertiary/aromatic N) is 3. The number of phenolic OH excluding ortho intramolecular Hbond substituents is 1. The molecule has 2 aromatic heterocycles. The van der Waals surface area contributed by atoms with Crippen molar-refractivity contribution in [3.8, 4) is 17.0 Å². The van der Waals surface area contributed by atoms with Crippen molar-refractivity contribution < 1.29 is 10.2 Å². The van der Waals surface area contributed by atoms with E-state index in [-0.39, 0.29) is 17.9 Å². The van der Waals surface area contributed by atoms with Crippen LogP contribution >= 0.6 is 0 Å². The van der Waals surface area contributed by atoms with E-state index in [9.17, 15) is 10.2 Å². The Labute approximate surface area is 158 Å². The van der Waals surface area contributed by atoms with Gasteiger partial charge in [-0.3, -0.25) is 4.98 Å². The lowest BCUT2D eigenvalue weighted by atomic mass is 9.92. The van der Waals surface area contributed by atoms with Gasteiger partial charge in [0.25, 0.3) is 0 Å². The van der Waals surface area contributed by atoms with Crippen molar-refractivity contribution in [1.29, 1.82) is 0 Å². The Morgan fingerprint density at radius 2 is 1.93 bits per heavy atom. The normalized spacial score (nSPS) is 20.0. The molecule has 1 fully saturated rings. The van der Waals surface area contributed by atoms with Gasteiger partial charge in [0.1, 0.15) is 17.0 Å². The van der Waals surface area contributed by atoms with Gasteiger partial charge in [-0.1, -0.05) is 18.9 Å². The van der Waals surface area contributed by atoms with Gasteiger partial charge in [-0.2, -0.15) is 0 Å². The predicted octanol–water partition coefficient (Wildman–Crippen LogP) is 3.73. The molecule has 0 aliphatic heterocycles. The summed E-state index contributed by atoms with van der Waals surface area (Å²) in [5.74, 6) is 0.764. The number of aromatic hydroxyl groups is 1. The first-order valence-corrected chi connectivity index (χ1v) is 9.41. The lowest BCUT2D eigenvalue weighted by molar-refractivity contribution is 0.116. The Morgan fingerprint density at radius 3 is 2.70 bits per heavy atom. The number of aliphatic hydroxyl groups is 1. The molecule has 4 rings (SSSR count). The van der Waals surface area contributed by atoms with Crippen molar-refractivity contribution in [1.82, 2.24) is 15.2 Å². The average molecular weight is 364 g/mol. The smallest absolute Gasteiger partial charge is 0.175 e. The summed E-state index contributed by atoms with van der Waals surface area (Å²) in [6.45, 7) is 3.90. The molecule has 0 radical (unpaired) electrons. The molecule has 2 unspecified atom stereocenters. The second kappa shape index (κ2) is 7.12. The topological polar surface area (TPSA) is 91.2 Å². The van der Waals surface area contributed by atoms with Gasteiger partial charge in [-0.25, -0.2) is 0 Å². The van der Waals surface area contributed by atoms with Crippen LogP contribution in [0.1, 0.15) is 36.8 Å². The summed E-state index contributed by atoms with van der Waals surface area (Å²) in [6, 6.07) is 7.50. The highest BCUT2D eigenvalue weighted by molar-refractivity contribution is 5.99. The molecule has 0 bridgehead atoms. The molecule has 1 saturated carbocycles. The molecule has 2 atom stereocenters. The van der Waals surface area contributed by atoms with E-state index < -0.39 is 0 Å². The summed E-state index contributed by atoms with van der Waals surface area (Å²) in [5, 5.41) is 33.7. The van der Waals surface area contributed by atoms with Crippen LogP contribution in [0.3, 0.4) is 0 Å². The van der Waals surface area contributed by atoms with Crippen LogP contribution in [0.4, 0.5) is 5.82 Å². The largest absolute Gasteiger partial charge is 0.507 e. The number of pyridine rings is 1. The Bertz CT molecular complexity index is 966. The molecule has 0 saturated heterocycles. The lowest BCUT2D eigenvalue weighted by Gasteiger charge is -2.28. The van der Waals surface area contributed by atoms with Crippen LogP contribution in [0, 0.1) is 13.8 Å². The number of aromatic nitrogens is 3. The van der Waals surface area contributed by atoms with Crippen molar-refractivity contribution in [2.75, 3.05) is 5.32 Å². The summed E-state index contributed by atoms with van der Waals surface area (Å²) in [4.78, 5) is 4.51. The first kappa shape index (κ1) is 17.7. The summed E-state index contributed by atoms with van der Waals surface area (Å²) in [7, 11) is 0. The van der Waals surface area contributed by atoms with Gasteiger partial charge in [-0.15, -0.1) is 10.2 Å². The minimum atomic E-state index is -0.387. The molecule has 140 valence electrons. The zero-order valence-electron chi connectivity index (χ0n) is 15.6. The van der Waals surface area contributed by atoms with Crippen molar-refractivity contribution in [2.45, 2.75) is 51.7 Å². The number of phenols is 1. The Morgan fingerprint density at radius 1 is 1.11 bits per heavy atom. The average Bonchev–Trinajstić information content (AvgIpc) is 2.64. The van der Waals surface area contributed by atoms with Gasteiger partial charge in [0.05, 0.1) is 12.1 Å². The summed E-state index contributed by atoms with van der Waals surface area (Å²) in [6.07, 6.45) is 5.17. The maximum Gasteiger partial charge on any atom is 0.175 e. The van der Waals surface area contributed by atoms with E-state index in [2.05, 4.69) is 20.5 Å². The molecule has 6 nitrogen and oxygen atoms in total. The highest BCUT2D eigenvalue weighted by Crippen LogP contribution is 2.37. The third-order valence-corrected chi connectivity index (χ3v) is 5.28. The quantitative estimate of drug-likeness (QED) is 0.656. The van der Waals surface area contributed by atoms with E-state index in [1.807, 2.05) is 32.0 Å². The van der Waals surface area contributed by atoms with Crippen LogP contribution in [0.15, 0.2) is 30.5 Å². The summed E-state index contributed by atoms with van der Waals surface area (Å²) < 4.78 is 0. The highest BCUT2D eigenvalue weighted by Gasteiger charge is 2.25. The van der Waals surface area contributed by atoms with Crippen LogP contribution < -0.4 is 5.32 Å². The number of anilines is 1. The molecule has 3 N–H and O–H groups in total. The molecular weight excluding hydrogens is 340 g/mol. The van der Waals surface area contributed by atoms with Crippen LogP contribution in [-0.2, 0) is 0 Å². The van der Waals surface area contributed by atoms with E-state index in [1.165, 1.54) is 0 Å². The van der Waals surface area contributed by atoms with Crippen LogP contribution in [0.25, 0.3) is 22.2 Å². The van der Waals surface area contributed by atoms with Crippen molar-refractivity contribution >= 4 is 16.7 Å². The van der Waals surface area contributed by atoms with Crippen molar-refractivity contribution in [2.24, 2.45) is 0 Å². The fourth-order valence-corrected chi connectivity index (χ4v) is 3.98. The van der Waals surface area contributed by atoms with Crippen molar-refractivity contribution in [3.05, 3.63) is 41.6 Å². The van der Waals surface area contributed by atoms with Gasteiger partial charge in [0, 0.05) is 17.1 Å². The van der Waals surface area contributed by atoms with E-state index in [1.54, 1.807) is 12.3 Å². The zero-order chi connectivity index (χ0) is 19.0. The van der Waals surface area contributed by atoms with Crippen LogP contribution in [-0.4, -0.2) is 37.5 Å². The first-order chi connectivity index (χ1) is 13.0. The maximum atomic E-state index is 10.5. The van der Waals surface area contributed by atoms with E-state index in [0.29, 0.717) is 22.6 Å².